The van der Waals surface area contributed by atoms with Crippen molar-refractivity contribution < 1.29 is 29.4 Å². The molecule has 8 nitrogen and oxygen atoms in total. The Labute approximate surface area is 149 Å². The van der Waals surface area contributed by atoms with Crippen LogP contribution in [0.4, 0.5) is 0 Å². The third-order valence-electron chi connectivity index (χ3n) is 7.17. The first kappa shape index (κ1) is 16.1. The molecule has 4 fully saturated rings. The molecule has 2 aliphatic heterocycles. The summed E-state index contributed by atoms with van der Waals surface area (Å²) in [7, 11) is 0. The number of fused-ring (bicyclic) bond motifs is 1. The number of amides is 4. The van der Waals surface area contributed by atoms with Crippen LogP contribution < -0.4 is 0 Å². The van der Waals surface area contributed by atoms with E-state index in [1.54, 1.807) is 0 Å². The summed E-state index contributed by atoms with van der Waals surface area (Å²) in [6.45, 7) is -0.545. The number of nitrogens with zero attached hydrogens (tertiary/aromatic N) is 2. The van der Waals surface area contributed by atoms with Crippen LogP contribution in [0.5, 0.6) is 0 Å². The predicted molar refractivity (Wildman–Crippen MR) is 84.7 cm³/mol. The van der Waals surface area contributed by atoms with Gasteiger partial charge in [-0.3, -0.25) is 29.0 Å². The first-order valence-corrected chi connectivity index (χ1v) is 9.13. The highest BCUT2D eigenvalue weighted by Crippen LogP contribution is 2.68. The largest absolute Gasteiger partial charge is 0.395 e. The molecule has 4 aliphatic carbocycles. The van der Waals surface area contributed by atoms with Gasteiger partial charge in [0.25, 0.3) is 0 Å². The smallest absolute Gasteiger partial charge is 0.233 e. The van der Waals surface area contributed by atoms with E-state index in [9.17, 15) is 19.2 Å². The van der Waals surface area contributed by atoms with E-state index in [-0.39, 0.29) is 73.6 Å². The van der Waals surface area contributed by atoms with Gasteiger partial charge < -0.3 is 10.2 Å². The van der Waals surface area contributed by atoms with Crippen LogP contribution in [-0.4, -0.2) is 69.9 Å². The Hall–Kier alpha value is -2.06. The lowest BCUT2D eigenvalue weighted by Gasteiger charge is -2.60. The van der Waals surface area contributed by atoms with Gasteiger partial charge in [-0.05, 0) is 23.7 Å². The normalized spacial score (nSPS) is 45.2. The van der Waals surface area contributed by atoms with E-state index in [0.717, 1.165) is 9.80 Å². The topological polar surface area (TPSA) is 115 Å². The zero-order valence-corrected chi connectivity index (χ0v) is 14.0. The third-order valence-corrected chi connectivity index (χ3v) is 7.17. The molecule has 0 aromatic carbocycles. The standard InChI is InChI=1S/C18H20N2O6/c21-5-3-19-15(23)11-7-1-2-8(12(11)16(19)24)10-9(7)13-14(10)18(26)20(4-6-22)17(13)25/h1-2,7-14,21-22H,3-6H2/t7-,8-,9-,10-,11-,12+,13-,14+/m0/s1. The summed E-state index contributed by atoms with van der Waals surface area (Å²) in [5, 5.41) is 18.3. The van der Waals surface area contributed by atoms with Crippen LogP contribution in [0.3, 0.4) is 0 Å². The number of imide groups is 2. The Morgan fingerprint density at radius 2 is 1.00 bits per heavy atom. The molecule has 8 heteroatoms. The van der Waals surface area contributed by atoms with Crippen molar-refractivity contribution in [1.82, 2.24) is 9.80 Å². The van der Waals surface area contributed by atoms with Gasteiger partial charge in [-0.1, -0.05) is 12.2 Å². The van der Waals surface area contributed by atoms with Crippen molar-refractivity contribution in [2.45, 2.75) is 0 Å². The Balaban J connectivity index is 1.51. The maximum atomic E-state index is 12.8. The highest BCUT2D eigenvalue weighted by Gasteiger charge is 2.74. The van der Waals surface area contributed by atoms with Crippen molar-refractivity contribution in [3.63, 3.8) is 0 Å². The predicted octanol–water partition coefficient (Wildman–Crippen LogP) is -1.76. The van der Waals surface area contributed by atoms with Gasteiger partial charge in [0.1, 0.15) is 0 Å². The fourth-order valence-electron chi connectivity index (χ4n) is 6.37. The lowest BCUT2D eigenvalue weighted by molar-refractivity contribution is -0.166. The average molecular weight is 360 g/mol. The van der Waals surface area contributed by atoms with Crippen LogP contribution in [0.25, 0.3) is 0 Å². The molecule has 6 rings (SSSR count). The molecule has 138 valence electrons. The number of β-amino-alcohol motifs (C(OH)–C–C–N with tert-alkyl or cyclic N) is 2. The fourth-order valence-corrected chi connectivity index (χ4v) is 6.37. The minimum absolute atomic E-state index is 0.00185. The number of aliphatic hydroxyl groups is 2. The number of allylic oxidation sites excluding steroid dienone is 2. The second-order valence-electron chi connectivity index (χ2n) is 7.90. The van der Waals surface area contributed by atoms with Gasteiger partial charge in [0, 0.05) is 0 Å². The van der Waals surface area contributed by atoms with Gasteiger partial charge in [-0.15, -0.1) is 0 Å². The second-order valence-corrected chi connectivity index (χ2v) is 7.90. The Morgan fingerprint density at radius 3 is 1.35 bits per heavy atom. The molecule has 26 heavy (non-hydrogen) atoms. The van der Waals surface area contributed by atoms with E-state index in [1.807, 2.05) is 12.2 Å². The lowest BCUT2D eigenvalue weighted by atomic mass is 9.40. The van der Waals surface area contributed by atoms with Crippen LogP contribution in [0, 0.1) is 47.3 Å². The fraction of sp³-hybridized carbons (Fsp3) is 0.667. The second kappa shape index (κ2) is 5.23. The Kier molecular flexibility index (Phi) is 3.25. The number of carbonyl (C=O) groups excluding carboxylic acids is 4. The molecule has 4 amide bonds. The van der Waals surface area contributed by atoms with Gasteiger partial charge in [0.2, 0.25) is 23.6 Å². The van der Waals surface area contributed by atoms with Crippen LogP contribution in [-0.2, 0) is 19.2 Å². The molecule has 2 saturated heterocycles. The van der Waals surface area contributed by atoms with E-state index in [4.69, 9.17) is 10.2 Å². The first-order chi connectivity index (χ1) is 12.5. The molecule has 8 atom stereocenters. The quantitative estimate of drug-likeness (QED) is 0.453. The van der Waals surface area contributed by atoms with Crippen molar-refractivity contribution in [2.24, 2.45) is 47.3 Å². The van der Waals surface area contributed by atoms with Gasteiger partial charge in [0.05, 0.1) is 50.0 Å². The third kappa shape index (κ3) is 1.63. The Morgan fingerprint density at radius 1 is 0.654 bits per heavy atom. The van der Waals surface area contributed by atoms with Crippen molar-refractivity contribution in [3.8, 4) is 0 Å². The van der Waals surface area contributed by atoms with Crippen LogP contribution >= 0.6 is 0 Å². The number of carbonyl (C=O) groups is 4. The summed E-state index contributed by atoms with van der Waals surface area (Å²) in [5.41, 5.74) is 0. The maximum absolute atomic E-state index is 12.8. The molecule has 2 saturated carbocycles. The van der Waals surface area contributed by atoms with Gasteiger partial charge >= 0.3 is 0 Å². The highest BCUT2D eigenvalue weighted by atomic mass is 16.3. The van der Waals surface area contributed by atoms with Gasteiger partial charge in [0.15, 0.2) is 0 Å². The molecule has 0 unspecified atom stereocenters. The van der Waals surface area contributed by atoms with Crippen molar-refractivity contribution >= 4 is 23.6 Å². The molecule has 2 bridgehead atoms. The maximum Gasteiger partial charge on any atom is 0.233 e. The number of hydrogen-bond acceptors (Lipinski definition) is 6. The summed E-state index contributed by atoms with van der Waals surface area (Å²) >= 11 is 0. The monoisotopic (exact) mass is 360 g/mol. The van der Waals surface area contributed by atoms with Crippen molar-refractivity contribution in [2.75, 3.05) is 26.3 Å². The molecule has 0 spiro atoms. The minimum Gasteiger partial charge on any atom is -0.395 e. The SMILES string of the molecule is O=C1[C@@H]2[C@H]3C=C[C@H]([C@@H]2C(=O)N1CCO)[C@@H]1[C@@H]2C(=O)N(CCO)C(=O)[C@@H]2[C@@H]31. The number of rotatable bonds is 4. The number of aliphatic hydroxyl groups excluding tert-OH is 2. The van der Waals surface area contributed by atoms with Crippen LogP contribution in [0.2, 0.25) is 0 Å². The lowest BCUT2D eigenvalue weighted by Crippen LogP contribution is -2.63. The molecule has 6 aliphatic rings. The molecule has 0 aromatic heterocycles. The molecule has 2 heterocycles. The van der Waals surface area contributed by atoms with E-state index in [2.05, 4.69) is 0 Å². The molecule has 0 aromatic rings. The summed E-state index contributed by atoms with van der Waals surface area (Å²) in [6.07, 6.45) is 3.90. The molecule has 0 radical (unpaired) electrons. The van der Waals surface area contributed by atoms with E-state index in [0.29, 0.717) is 0 Å². The highest BCUT2D eigenvalue weighted by molar-refractivity contribution is 6.09. The summed E-state index contributed by atoms with van der Waals surface area (Å²) < 4.78 is 0. The van der Waals surface area contributed by atoms with Gasteiger partial charge in [-0.2, -0.15) is 0 Å². The summed E-state index contributed by atoms with van der Waals surface area (Å²) in [4.78, 5) is 53.2. The summed E-state index contributed by atoms with van der Waals surface area (Å²) in [5.74, 6) is -3.51. The van der Waals surface area contributed by atoms with Crippen LogP contribution in [0.15, 0.2) is 12.2 Å². The zero-order valence-electron chi connectivity index (χ0n) is 14.0. The molecule has 2 N–H and O–H groups in total. The number of likely N-dealkylation sites (tertiary alicyclic amines) is 2. The molecular formula is C18H20N2O6. The van der Waals surface area contributed by atoms with Crippen LogP contribution in [0.1, 0.15) is 0 Å². The molecular weight excluding hydrogens is 340 g/mol. The Bertz CT molecular complexity index is 707. The zero-order chi connectivity index (χ0) is 18.3. The van der Waals surface area contributed by atoms with Crippen molar-refractivity contribution in [3.05, 3.63) is 12.2 Å². The number of hydrogen-bond donors (Lipinski definition) is 2. The van der Waals surface area contributed by atoms with E-state index < -0.39 is 23.7 Å². The van der Waals surface area contributed by atoms with E-state index in [1.165, 1.54) is 0 Å². The van der Waals surface area contributed by atoms with Gasteiger partial charge in [-0.25, -0.2) is 0 Å². The minimum atomic E-state index is -0.485. The first-order valence-electron chi connectivity index (χ1n) is 9.13. The average Bonchev–Trinajstić information content (AvgIpc) is 2.97. The summed E-state index contributed by atoms with van der Waals surface area (Å²) in [6, 6.07) is 0. The van der Waals surface area contributed by atoms with E-state index >= 15 is 0 Å². The van der Waals surface area contributed by atoms with Crippen molar-refractivity contribution in [1.29, 1.82) is 0 Å².